The lowest BCUT2D eigenvalue weighted by Crippen LogP contribution is -2.49. The van der Waals surface area contributed by atoms with Crippen molar-refractivity contribution in [2.75, 3.05) is 13.6 Å². The maximum absolute atomic E-state index is 12.9. The van der Waals surface area contributed by atoms with Gasteiger partial charge in [-0.25, -0.2) is 0 Å². The number of hydrogen-bond donors (Lipinski definition) is 0. The summed E-state index contributed by atoms with van der Waals surface area (Å²) in [5.74, 6) is 0.563. The highest BCUT2D eigenvalue weighted by Crippen LogP contribution is 2.38. The van der Waals surface area contributed by atoms with Crippen molar-refractivity contribution in [2.45, 2.75) is 84.0 Å². The van der Waals surface area contributed by atoms with Crippen molar-refractivity contribution in [1.82, 2.24) is 4.90 Å². The summed E-state index contributed by atoms with van der Waals surface area (Å²) in [5.41, 5.74) is 0. The Kier molecular flexibility index (Phi) is 7.53. The fraction of sp³-hybridized carbons (Fsp3) is 0.842. The van der Waals surface area contributed by atoms with E-state index in [1.54, 1.807) is 0 Å². The van der Waals surface area contributed by atoms with Crippen LogP contribution in [0, 0.1) is 5.92 Å². The van der Waals surface area contributed by atoms with Gasteiger partial charge in [0, 0.05) is 13.6 Å². The Morgan fingerprint density at radius 2 is 1.87 bits per heavy atom. The molecule has 0 N–H and O–H groups in total. The van der Waals surface area contributed by atoms with Gasteiger partial charge in [0.15, 0.2) is 8.32 Å². The molecule has 0 aliphatic carbocycles. The van der Waals surface area contributed by atoms with Crippen molar-refractivity contribution >= 4 is 14.2 Å². The van der Waals surface area contributed by atoms with Gasteiger partial charge in [-0.1, -0.05) is 52.7 Å². The van der Waals surface area contributed by atoms with Crippen LogP contribution in [0.2, 0.25) is 18.1 Å². The quantitative estimate of drug-likeness (QED) is 0.524. The van der Waals surface area contributed by atoms with Gasteiger partial charge in [-0.3, -0.25) is 4.79 Å². The molecule has 4 heteroatoms. The smallest absolute Gasteiger partial charge is 0.250 e. The molecule has 0 bridgehead atoms. The molecule has 2 unspecified atom stereocenters. The van der Waals surface area contributed by atoms with E-state index >= 15 is 0 Å². The summed E-state index contributed by atoms with van der Waals surface area (Å²) in [6.07, 6.45) is 9.71. The first-order valence-corrected chi connectivity index (χ1v) is 12.0. The topological polar surface area (TPSA) is 29.5 Å². The molecule has 0 spiro atoms. The van der Waals surface area contributed by atoms with Gasteiger partial charge in [-0.05, 0) is 43.3 Å². The summed E-state index contributed by atoms with van der Waals surface area (Å²) in [6.45, 7) is 14.1. The highest BCUT2D eigenvalue weighted by atomic mass is 28.4. The number of nitrogens with zero attached hydrogens (tertiary/aromatic N) is 1. The van der Waals surface area contributed by atoms with E-state index in [2.05, 4.69) is 52.9 Å². The number of carbonyl (C=O) groups is 1. The van der Waals surface area contributed by atoms with E-state index in [0.717, 1.165) is 25.8 Å². The molecule has 1 aliphatic rings. The molecule has 1 heterocycles. The van der Waals surface area contributed by atoms with E-state index in [4.69, 9.17) is 4.43 Å². The molecule has 0 saturated heterocycles. The SMILES string of the molecule is CC1/C=C\CCCCCC(O[Si](C)(C)C(C)(C)C)C(=O)N(C)C1. The number of hydrogen-bond acceptors (Lipinski definition) is 2. The second-order valence-corrected chi connectivity index (χ2v) is 13.4. The van der Waals surface area contributed by atoms with Crippen LogP contribution in [0.3, 0.4) is 0 Å². The van der Waals surface area contributed by atoms with Crippen molar-refractivity contribution in [3.63, 3.8) is 0 Å². The molecular formula is C19H37NO2Si. The summed E-state index contributed by atoms with van der Waals surface area (Å²) in [7, 11) is -0.0155. The van der Waals surface area contributed by atoms with Gasteiger partial charge in [-0.15, -0.1) is 0 Å². The van der Waals surface area contributed by atoms with Crippen LogP contribution in [0.4, 0.5) is 0 Å². The number of amides is 1. The number of allylic oxidation sites excluding steroid dienone is 1. The third-order valence-electron chi connectivity index (χ3n) is 5.26. The minimum absolute atomic E-state index is 0.131. The predicted molar refractivity (Wildman–Crippen MR) is 101 cm³/mol. The predicted octanol–water partition coefficient (Wildman–Crippen LogP) is 4.99. The fourth-order valence-electron chi connectivity index (χ4n) is 2.69. The molecule has 2 atom stereocenters. The van der Waals surface area contributed by atoms with Crippen LogP contribution < -0.4 is 0 Å². The van der Waals surface area contributed by atoms with Gasteiger partial charge in [0.05, 0.1) is 0 Å². The van der Waals surface area contributed by atoms with Gasteiger partial charge < -0.3 is 9.33 Å². The summed E-state index contributed by atoms with van der Waals surface area (Å²) in [6, 6.07) is 0. The van der Waals surface area contributed by atoms with Gasteiger partial charge in [-0.2, -0.15) is 0 Å². The Morgan fingerprint density at radius 1 is 1.22 bits per heavy atom. The number of carbonyl (C=O) groups excluding carboxylic acids is 1. The number of rotatable bonds is 2. The van der Waals surface area contributed by atoms with Crippen LogP contribution >= 0.6 is 0 Å². The molecule has 0 radical (unpaired) electrons. The molecule has 3 nitrogen and oxygen atoms in total. The molecule has 0 aromatic rings. The first-order valence-electron chi connectivity index (χ1n) is 9.14. The van der Waals surface area contributed by atoms with Gasteiger partial charge >= 0.3 is 0 Å². The van der Waals surface area contributed by atoms with Crippen LogP contribution in [0.1, 0.15) is 59.8 Å². The maximum atomic E-state index is 12.9. The Balaban J connectivity index is 2.89. The summed E-state index contributed by atoms with van der Waals surface area (Å²) >= 11 is 0. The normalized spacial score (nSPS) is 27.3. The summed E-state index contributed by atoms with van der Waals surface area (Å²) < 4.78 is 6.49. The lowest BCUT2D eigenvalue weighted by atomic mass is 10.0. The lowest BCUT2D eigenvalue weighted by Gasteiger charge is -2.40. The minimum atomic E-state index is -1.93. The van der Waals surface area contributed by atoms with Crippen LogP contribution in [0.25, 0.3) is 0 Å². The first kappa shape index (κ1) is 20.4. The molecule has 0 saturated carbocycles. The van der Waals surface area contributed by atoms with E-state index < -0.39 is 8.32 Å². The molecule has 0 fully saturated rings. The van der Waals surface area contributed by atoms with E-state index in [1.807, 2.05) is 11.9 Å². The summed E-state index contributed by atoms with van der Waals surface area (Å²) in [5, 5.41) is 0.131. The highest BCUT2D eigenvalue weighted by Gasteiger charge is 2.41. The lowest BCUT2D eigenvalue weighted by molar-refractivity contribution is -0.138. The molecule has 0 aromatic heterocycles. The third-order valence-corrected chi connectivity index (χ3v) is 9.74. The molecule has 134 valence electrons. The Morgan fingerprint density at radius 3 is 2.48 bits per heavy atom. The van der Waals surface area contributed by atoms with Crippen molar-refractivity contribution in [3.05, 3.63) is 12.2 Å². The molecule has 23 heavy (non-hydrogen) atoms. The molecule has 0 aromatic carbocycles. The zero-order valence-electron chi connectivity index (χ0n) is 16.3. The average Bonchev–Trinajstić information content (AvgIpc) is 2.41. The molecular weight excluding hydrogens is 302 g/mol. The average molecular weight is 340 g/mol. The molecule has 1 amide bonds. The van der Waals surface area contributed by atoms with Gasteiger partial charge in [0.25, 0.3) is 0 Å². The standard InChI is InChI=1S/C19H37NO2Si/c1-16-13-11-9-8-10-12-14-17(18(21)20(5)15-16)22-23(6,7)19(2,3)4/h11,13,16-17H,8-10,12,14-15H2,1-7H3/b13-11-. The van der Waals surface area contributed by atoms with Gasteiger partial charge in [0.2, 0.25) is 5.91 Å². The Hall–Kier alpha value is -0.613. The second-order valence-electron chi connectivity index (χ2n) is 8.63. The van der Waals surface area contributed by atoms with Crippen molar-refractivity contribution in [2.24, 2.45) is 5.92 Å². The van der Waals surface area contributed by atoms with Gasteiger partial charge in [0.1, 0.15) is 6.10 Å². The fourth-order valence-corrected chi connectivity index (χ4v) is 3.97. The third kappa shape index (κ3) is 6.42. The van der Waals surface area contributed by atoms with E-state index in [0.29, 0.717) is 5.92 Å². The van der Waals surface area contributed by atoms with Crippen molar-refractivity contribution in [1.29, 1.82) is 0 Å². The van der Waals surface area contributed by atoms with E-state index in [1.165, 1.54) is 12.8 Å². The van der Waals surface area contributed by atoms with Crippen LogP contribution in [-0.2, 0) is 9.22 Å². The zero-order valence-corrected chi connectivity index (χ0v) is 17.3. The maximum Gasteiger partial charge on any atom is 0.250 e. The van der Waals surface area contributed by atoms with E-state index in [9.17, 15) is 4.79 Å². The summed E-state index contributed by atoms with van der Waals surface area (Å²) in [4.78, 5) is 14.8. The Labute approximate surface area is 144 Å². The monoisotopic (exact) mass is 339 g/mol. The largest absolute Gasteiger partial charge is 0.405 e. The van der Waals surface area contributed by atoms with Crippen LogP contribution in [-0.4, -0.2) is 38.8 Å². The molecule has 1 aliphatic heterocycles. The molecule has 1 rings (SSSR count). The highest BCUT2D eigenvalue weighted by molar-refractivity contribution is 6.74. The second kappa shape index (κ2) is 8.47. The van der Waals surface area contributed by atoms with Crippen LogP contribution in [0.5, 0.6) is 0 Å². The first-order chi connectivity index (χ1) is 10.5. The Bertz CT molecular complexity index is 412. The zero-order chi connectivity index (χ0) is 17.7. The minimum Gasteiger partial charge on any atom is -0.405 e. The van der Waals surface area contributed by atoms with Crippen LogP contribution in [0.15, 0.2) is 12.2 Å². The van der Waals surface area contributed by atoms with Crippen molar-refractivity contribution in [3.8, 4) is 0 Å². The van der Waals surface area contributed by atoms with Crippen molar-refractivity contribution < 1.29 is 9.22 Å². The van der Waals surface area contributed by atoms with E-state index in [-0.39, 0.29) is 17.0 Å². The number of likely N-dealkylation sites (N-methyl/N-ethyl adjacent to an activating group) is 1.